The number of benzene rings is 2. The molecule has 1 heterocycles. The lowest BCUT2D eigenvalue weighted by molar-refractivity contribution is -0.138. The van der Waals surface area contributed by atoms with Crippen LogP contribution in [0.3, 0.4) is 0 Å². The molecule has 0 radical (unpaired) electrons. The number of nitrogens with zero attached hydrogens (tertiary/aromatic N) is 2. The molecule has 1 unspecified atom stereocenters. The molecule has 0 spiro atoms. The highest BCUT2D eigenvalue weighted by molar-refractivity contribution is 6.30. The average molecular weight is 452 g/mol. The lowest BCUT2D eigenvalue weighted by Crippen LogP contribution is -2.47. The van der Waals surface area contributed by atoms with Gasteiger partial charge >= 0.3 is 12.1 Å². The Balaban J connectivity index is 1.92. The number of rotatable bonds is 4. The van der Waals surface area contributed by atoms with Crippen LogP contribution in [0.4, 0.5) is 13.2 Å². The van der Waals surface area contributed by atoms with Crippen molar-refractivity contribution in [1.29, 1.82) is 0 Å². The molecule has 0 aromatic heterocycles. The molecule has 2 aromatic carbocycles. The van der Waals surface area contributed by atoms with E-state index in [0.717, 1.165) is 17.7 Å². The number of halogens is 4. The number of methoxy groups -OCH3 is 1. The number of allylic oxidation sites excluding steroid dienone is 1. The van der Waals surface area contributed by atoms with Gasteiger partial charge in [0.1, 0.15) is 0 Å². The predicted molar refractivity (Wildman–Crippen MR) is 112 cm³/mol. The van der Waals surface area contributed by atoms with Gasteiger partial charge in [0, 0.05) is 17.8 Å². The van der Waals surface area contributed by atoms with Crippen LogP contribution in [0.2, 0.25) is 5.02 Å². The highest BCUT2D eigenvalue weighted by Crippen LogP contribution is 2.32. The Bertz CT molecular complexity index is 1020. The molecule has 0 amide bonds. The predicted octanol–water partition coefficient (Wildman–Crippen LogP) is 4.94. The first kappa shape index (κ1) is 22.7. The van der Waals surface area contributed by atoms with E-state index in [-0.39, 0.29) is 6.54 Å². The fourth-order valence-electron chi connectivity index (χ4n) is 3.24. The summed E-state index contributed by atoms with van der Waals surface area (Å²) < 4.78 is 43.2. The molecule has 1 aliphatic heterocycles. The van der Waals surface area contributed by atoms with Gasteiger partial charge < -0.3 is 15.0 Å². The van der Waals surface area contributed by atoms with Crippen molar-refractivity contribution in [3.63, 3.8) is 0 Å². The number of ether oxygens (including phenoxy) is 1. The van der Waals surface area contributed by atoms with Crippen LogP contribution in [0.15, 0.2) is 64.8 Å². The van der Waals surface area contributed by atoms with E-state index in [1.165, 1.54) is 19.2 Å². The number of alkyl halides is 3. The van der Waals surface area contributed by atoms with Gasteiger partial charge in [-0.2, -0.15) is 13.2 Å². The minimum Gasteiger partial charge on any atom is -0.466 e. The quantitative estimate of drug-likeness (QED) is 0.669. The zero-order chi connectivity index (χ0) is 22.8. The van der Waals surface area contributed by atoms with Gasteiger partial charge in [-0.1, -0.05) is 35.9 Å². The molecule has 1 atom stereocenters. The maximum atomic E-state index is 12.8. The topological polar surface area (TPSA) is 53.9 Å². The van der Waals surface area contributed by atoms with Gasteiger partial charge in [0.2, 0.25) is 0 Å². The highest BCUT2D eigenvalue weighted by Gasteiger charge is 2.34. The molecule has 0 aliphatic carbocycles. The summed E-state index contributed by atoms with van der Waals surface area (Å²) in [6.45, 7) is 1.95. The number of aliphatic imine (C=N–C) groups is 1. The number of hydrogen-bond acceptors (Lipinski definition) is 3. The Morgan fingerprint density at radius 3 is 2.32 bits per heavy atom. The minimum atomic E-state index is -4.38. The smallest absolute Gasteiger partial charge is 0.416 e. The van der Waals surface area contributed by atoms with E-state index in [2.05, 4.69) is 10.3 Å². The Morgan fingerprint density at radius 2 is 1.77 bits per heavy atom. The third-order valence-electron chi connectivity index (χ3n) is 5.07. The number of carbonyl (C=O) groups is 1. The molecule has 1 aliphatic rings. The van der Waals surface area contributed by atoms with Crippen LogP contribution in [-0.2, 0) is 22.3 Å². The first-order chi connectivity index (χ1) is 14.6. The molecular formula is C22H21ClF3N3O2. The largest absolute Gasteiger partial charge is 0.466 e. The SMILES string of the molecule is COC(=O)C1=C(C)N(C)C(=NCc2ccc(C(F)(F)F)cc2)NC1c1ccc(Cl)cc1. The van der Waals surface area contributed by atoms with Gasteiger partial charge in [-0.05, 0) is 42.3 Å². The Morgan fingerprint density at radius 1 is 1.16 bits per heavy atom. The first-order valence-electron chi connectivity index (χ1n) is 9.37. The van der Waals surface area contributed by atoms with Crippen LogP contribution in [-0.4, -0.2) is 31.0 Å². The summed E-state index contributed by atoms with van der Waals surface area (Å²) in [5.41, 5.74) is 1.79. The van der Waals surface area contributed by atoms with Crippen LogP contribution in [0.25, 0.3) is 0 Å². The number of guanidine groups is 1. The summed E-state index contributed by atoms with van der Waals surface area (Å²) in [5, 5.41) is 3.80. The van der Waals surface area contributed by atoms with Gasteiger partial charge in [0.15, 0.2) is 5.96 Å². The Labute approximate surface area is 183 Å². The zero-order valence-corrected chi connectivity index (χ0v) is 17.9. The second-order valence-electron chi connectivity index (χ2n) is 7.01. The van der Waals surface area contributed by atoms with E-state index < -0.39 is 23.8 Å². The van der Waals surface area contributed by atoms with Crippen LogP contribution < -0.4 is 5.32 Å². The molecule has 2 aromatic rings. The van der Waals surface area contributed by atoms with E-state index >= 15 is 0 Å². The fourth-order valence-corrected chi connectivity index (χ4v) is 3.37. The van der Waals surface area contributed by atoms with Gasteiger partial charge in [-0.15, -0.1) is 0 Å². The molecule has 1 N–H and O–H groups in total. The third-order valence-corrected chi connectivity index (χ3v) is 5.33. The van der Waals surface area contributed by atoms with Crippen molar-refractivity contribution in [3.05, 3.63) is 81.5 Å². The zero-order valence-electron chi connectivity index (χ0n) is 17.1. The maximum Gasteiger partial charge on any atom is 0.416 e. The van der Waals surface area contributed by atoms with Crippen LogP contribution in [0, 0.1) is 0 Å². The summed E-state index contributed by atoms with van der Waals surface area (Å²) in [6.07, 6.45) is -4.38. The number of carbonyl (C=O) groups excluding carboxylic acids is 1. The molecule has 0 bridgehead atoms. The van der Waals surface area contributed by atoms with E-state index in [4.69, 9.17) is 16.3 Å². The summed E-state index contributed by atoms with van der Waals surface area (Å²) in [6, 6.07) is 11.4. The molecule has 9 heteroatoms. The molecule has 0 saturated heterocycles. The summed E-state index contributed by atoms with van der Waals surface area (Å²) in [4.78, 5) is 18.7. The van der Waals surface area contributed by atoms with Gasteiger partial charge in [0.25, 0.3) is 0 Å². The van der Waals surface area contributed by atoms with Gasteiger partial charge in [0.05, 0.1) is 30.8 Å². The van der Waals surface area contributed by atoms with Crippen molar-refractivity contribution in [2.45, 2.75) is 25.7 Å². The molecule has 164 valence electrons. The highest BCUT2D eigenvalue weighted by atomic mass is 35.5. The van der Waals surface area contributed by atoms with Crippen molar-refractivity contribution in [2.75, 3.05) is 14.2 Å². The lowest BCUT2D eigenvalue weighted by Gasteiger charge is -2.36. The van der Waals surface area contributed by atoms with Crippen molar-refractivity contribution in [1.82, 2.24) is 10.2 Å². The minimum absolute atomic E-state index is 0.166. The summed E-state index contributed by atoms with van der Waals surface area (Å²) >= 11 is 5.99. The number of hydrogen-bond donors (Lipinski definition) is 1. The van der Waals surface area contributed by atoms with E-state index in [0.29, 0.717) is 27.8 Å². The fraction of sp³-hybridized carbons (Fsp3) is 0.273. The third kappa shape index (κ3) is 5.02. The average Bonchev–Trinajstić information content (AvgIpc) is 2.74. The molecule has 31 heavy (non-hydrogen) atoms. The number of esters is 1. The number of nitrogens with one attached hydrogen (secondary N) is 1. The van der Waals surface area contributed by atoms with E-state index in [1.54, 1.807) is 43.1 Å². The van der Waals surface area contributed by atoms with Crippen LogP contribution >= 0.6 is 11.6 Å². The second kappa shape index (κ2) is 9.01. The summed E-state index contributed by atoms with van der Waals surface area (Å²) in [5.74, 6) is 0.00332. The van der Waals surface area contributed by atoms with Crippen LogP contribution in [0.5, 0.6) is 0 Å². The lowest BCUT2D eigenvalue weighted by atomic mass is 9.95. The molecule has 0 saturated carbocycles. The summed E-state index contributed by atoms with van der Waals surface area (Å²) in [7, 11) is 3.06. The van der Waals surface area contributed by atoms with Crippen molar-refractivity contribution in [2.24, 2.45) is 4.99 Å². The molecule has 3 rings (SSSR count). The van der Waals surface area contributed by atoms with E-state index in [1.807, 2.05) is 0 Å². The first-order valence-corrected chi connectivity index (χ1v) is 9.75. The molecular weight excluding hydrogens is 431 g/mol. The Kier molecular flexibility index (Phi) is 6.59. The van der Waals surface area contributed by atoms with Crippen molar-refractivity contribution >= 4 is 23.5 Å². The van der Waals surface area contributed by atoms with Crippen molar-refractivity contribution < 1.29 is 22.7 Å². The van der Waals surface area contributed by atoms with Crippen molar-refractivity contribution in [3.8, 4) is 0 Å². The Hall–Kier alpha value is -3.00. The van der Waals surface area contributed by atoms with Gasteiger partial charge in [-0.25, -0.2) is 9.79 Å². The second-order valence-corrected chi connectivity index (χ2v) is 7.45. The van der Waals surface area contributed by atoms with Gasteiger partial charge in [-0.3, -0.25) is 0 Å². The molecule has 0 fully saturated rings. The molecule has 5 nitrogen and oxygen atoms in total. The van der Waals surface area contributed by atoms with E-state index in [9.17, 15) is 18.0 Å². The normalized spacial score (nSPS) is 18.2. The monoisotopic (exact) mass is 451 g/mol. The maximum absolute atomic E-state index is 12.8. The van der Waals surface area contributed by atoms with Crippen LogP contribution in [0.1, 0.15) is 29.7 Å². The standard InChI is InChI=1S/C22H21ClF3N3O2/c1-13-18(20(30)31-3)19(15-6-10-17(23)11-7-15)28-21(29(13)2)27-12-14-4-8-16(9-5-14)22(24,25)26/h4-11,19H,12H2,1-3H3,(H,27,28).